The van der Waals surface area contributed by atoms with Crippen molar-refractivity contribution in [2.24, 2.45) is 5.73 Å². The van der Waals surface area contributed by atoms with Crippen LogP contribution in [0.2, 0.25) is 0 Å². The molecule has 1 aliphatic heterocycles. The molecule has 0 aromatic rings. The summed E-state index contributed by atoms with van der Waals surface area (Å²) in [4.78, 5) is 0. The fourth-order valence-corrected chi connectivity index (χ4v) is 2.53. The van der Waals surface area contributed by atoms with Gasteiger partial charge in [0.15, 0.2) is 0 Å². The van der Waals surface area contributed by atoms with Crippen molar-refractivity contribution < 1.29 is 10.3 Å². The Bertz CT molecular complexity index is 192. The number of rotatable bonds is 0. The van der Waals surface area contributed by atoms with Gasteiger partial charge in [0.25, 0.3) is 0 Å². The summed E-state index contributed by atoms with van der Waals surface area (Å²) in [5.74, 6) is 0. The molecule has 0 spiro atoms. The summed E-state index contributed by atoms with van der Waals surface area (Å²) in [5.41, 5.74) is 3.57. The van der Waals surface area contributed by atoms with E-state index in [4.69, 9.17) is 5.73 Å². The average Bonchev–Trinajstić information content (AvgIpc) is 1.77. The number of nitrogens with zero attached hydrogens (tertiary/aromatic N) is 1. The second kappa shape index (κ2) is 2.67. The van der Waals surface area contributed by atoms with E-state index in [1.54, 1.807) is 0 Å². The van der Waals surface area contributed by atoms with E-state index >= 15 is 0 Å². The maximum absolute atomic E-state index is 9.86. The van der Waals surface area contributed by atoms with Gasteiger partial charge in [-0.3, -0.25) is 0 Å². The van der Waals surface area contributed by atoms with Crippen molar-refractivity contribution in [2.45, 2.75) is 57.3 Å². The molecule has 1 rings (SSSR count). The number of hydrogen-bond acceptors (Lipinski definition) is 4. The van der Waals surface area contributed by atoms with Crippen LogP contribution in [0.15, 0.2) is 0 Å². The van der Waals surface area contributed by atoms with Crippen LogP contribution < -0.4 is 5.73 Å². The topological polar surface area (TPSA) is 69.7 Å². The molecule has 1 heterocycles. The molecule has 1 aliphatic rings. The Hall–Kier alpha value is -0.160. The highest BCUT2D eigenvalue weighted by molar-refractivity contribution is 5.00. The highest BCUT2D eigenvalue weighted by Crippen LogP contribution is 2.39. The van der Waals surface area contributed by atoms with Crippen LogP contribution in [0.25, 0.3) is 0 Å². The van der Waals surface area contributed by atoms with Crippen molar-refractivity contribution in [3.63, 3.8) is 0 Å². The first-order chi connectivity index (χ1) is 5.57. The molecule has 0 unspecified atom stereocenters. The largest absolute Gasteiger partial charge is 0.376 e. The molecule has 0 amide bonds. The summed E-state index contributed by atoms with van der Waals surface area (Å²) in [6.45, 7) is 7.47. The first-order valence-electron chi connectivity index (χ1n) is 4.57. The molecule has 1 fully saturated rings. The van der Waals surface area contributed by atoms with Crippen LogP contribution in [0, 0.1) is 0 Å². The van der Waals surface area contributed by atoms with Crippen molar-refractivity contribution in [1.82, 2.24) is 5.06 Å². The summed E-state index contributed by atoms with van der Waals surface area (Å²) in [6.07, 6.45) is 0.750. The molecule has 0 saturated carbocycles. The van der Waals surface area contributed by atoms with Gasteiger partial charge < -0.3 is 16.0 Å². The Kier molecular flexibility index (Phi) is 2.24. The van der Waals surface area contributed by atoms with Crippen LogP contribution >= 0.6 is 0 Å². The first kappa shape index (κ1) is 10.9. The summed E-state index contributed by atoms with van der Waals surface area (Å²) in [7, 11) is 0. The Morgan fingerprint density at radius 2 is 1.38 bits per heavy atom. The van der Waals surface area contributed by atoms with Crippen molar-refractivity contribution in [2.75, 3.05) is 0 Å². The minimum atomic E-state index is -1.17. The van der Waals surface area contributed by atoms with Crippen molar-refractivity contribution in [3.8, 4) is 0 Å². The summed E-state index contributed by atoms with van der Waals surface area (Å²) < 4.78 is 0. The van der Waals surface area contributed by atoms with Gasteiger partial charge in [0.2, 0.25) is 0 Å². The summed E-state index contributed by atoms with van der Waals surface area (Å²) >= 11 is 0. The molecular weight excluding hydrogens is 168 g/mol. The summed E-state index contributed by atoms with van der Waals surface area (Å²) in [6, 6.07) is 0. The monoisotopic (exact) mass is 188 g/mol. The molecule has 4 nitrogen and oxygen atoms in total. The van der Waals surface area contributed by atoms with Crippen molar-refractivity contribution in [1.29, 1.82) is 0 Å². The van der Waals surface area contributed by atoms with Crippen LogP contribution in [-0.4, -0.2) is 32.2 Å². The molecule has 0 atom stereocenters. The van der Waals surface area contributed by atoms with E-state index in [0.717, 1.165) is 0 Å². The van der Waals surface area contributed by atoms with Gasteiger partial charge in [-0.2, -0.15) is 5.06 Å². The lowest BCUT2D eigenvalue weighted by molar-refractivity contribution is -0.274. The maximum Gasteiger partial charge on any atom is 0.117 e. The Labute approximate surface area is 79.3 Å². The quantitative estimate of drug-likeness (QED) is 0.489. The standard InChI is InChI=1S/C9H20N2O2/c1-7(2)5-9(10,12)6-8(3,4)11(7)13/h12-13H,5-6,10H2,1-4H3. The zero-order valence-corrected chi connectivity index (χ0v) is 8.83. The molecular formula is C9H20N2O2. The molecule has 0 aromatic heterocycles. The van der Waals surface area contributed by atoms with E-state index in [2.05, 4.69) is 0 Å². The third-order valence-corrected chi connectivity index (χ3v) is 2.62. The van der Waals surface area contributed by atoms with Gasteiger partial charge in [-0.05, 0) is 27.7 Å². The van der Waals surface area contributed by atoms with Crippen LogP contribution in [0.1, 0.15) is 40.5 Å². The number of hydroxylamine groups is 2. The van der Waals surface area contributed by atoms with E-state index in [-0.39, 0.29) is 0 Å². The number of nitrogens with two attached hydrogens (primary N) is 1. The Morgan fingerprint density at radius 1 is 1.08 bits per heavy atom. The molecule has 78 valence electrons. The lowest BCUT2D eigenvalue weighted by Crippen LogP contribution is -2.66. The highest BCUT2D eigenvalue weighted by Gasteiger charge is 2.49. The van der Waals surface area contributed by atoms with E-state index in [9.17, 15) is 10.3 Å². The SMILES string of the molecule is CC1(C)CC(N)(O)CC(C)(C)N1O. The minimum absolute atomic E-state index is 0.375. The fourth-order valence-electron chi connectivity index (χ4n) is 2.53. The van der Waals surface area contributed by atoms with E-state index < -0.39 is 16.8 Å². The fraction of sp³-hybridized carbons (Fsp3) is 1.00. The zero-order valence-electron chi connectivity index (χ0n) is 8.83. The minimum Gasteiger partial charge on any atom is -0.376 e. The first-order valence-corrected chi connectivity index (χ1v) is 4.57. The van der Waals surface area contributed by atoms with E-state index in [0.29, 0.717) is 12.8 Å². The predicted octanol–water partition coefficient (Wildman–Crippen LogP) is 0.676. The van der Waals surface area contributed by atoms with Gasteiger partial charge in [-0.15, -0.1) is 0 Å². The Morgan fingerprint density at radius 3 is 1.69 bits per heavy atom. The maximum atomic E-state index is 9.86. The highest BCUT2D eigenvalue weighted by atomic mass is 16.5. The van der Waals surface area contributed by atoms with Gasteiger partial charge in [0, 0.05) is 23.9 Å². The normalized spacial score (nSPS) is 31.6. The third-order valence-electron chi connectivity index (χ3n) is 2.62. The molecule has 13 heavy (non-hydrogen) atoms. The molecule has 0 aliphatic carbocycles. The lowest BCUT2D eigenvalue weighted by atomic mass is 9.77. The van der Waals surface area contributed by atoms with Crippen LogP contribution in [0.4, 0.5) is 0 Å². The van der Waals surface area contributed by atoms with Crippen molar-refractivity contribution >= 4 is 0 Å². The number of piperidine rings is 1. The summed E-state index contributed by atoms with van der Waals surface area (Å²) in [5, 5.41) is 21.0. The Balaban J connectivity index is 2.96. The van der Waals surface area contributed by atoms with Gasteiger partial charge in [-0.25, -0.2) is 0 Å². The second-order valence-electron chi connectivity index (χ2n) is 5.39. The van der Waals surface area contributed by atoms with E-state index in [1.807, 2.05) is 27.7 Å². The smallest absolute Gasteiger partial charge is 0.117 e. The van der Waals surface area contributed by atoms with Gasteiger partial charge in [0.1, 0.15) is 5.72 Å². The van der Waals surface area contributed by atoms with Gasteiger partial charge in [0.05, 0.1) is 0 Å². The third kappa shape index (κ3) is 2.02. The molecule has 0 aromatic carbocycles. The number of hydrogen-bond donors (Lipinski definition) is 3. The van der Waals surface area contributed by atoms with Gasteiger partial charge >= 0.3 is 0 Å². The van der Waals surface area contributed by atoms with E-state index in [1.165, 1.54) is 5.06 Å². The molecule has 4 N–H and O–H groups in total. The predicted molar refractivity (Wildman–Crippen MR) is 50.2 cm³/mol. The average molecular weight is 188 g/mol. The van der Waals surface area contributed by atoms with Gasteiger partial charge in [-0.1, -0.05) is 0 Å². The van der Waals surface area contributed by atoms with Crippen LogP contribution in [0.3, 0.4) is 0 Å². The lowest BCUT2D eigenvalue weighted by Gasteiger charge is -2.53. The molecule has 0 radical (unpaired) electrons. The second-order valence-corrected chi connectivity index (χ2v) is 5.39. The molecule has 4 heteroatoms. The number of aliphatic hydroxyl groups is 1. The van der Waals surface area contributed by atoms with Crippen molar-refractivity contribution in [3.05, 3.63) is 0 Å². The van der Waals surface area contributed by atoms with Crippen LogP contribution in [-0.2, 0) is 0 Å². The van der Waals surface area contributed by atoms with Crippen LogP contribution in [0.5, 0.6) is 0 Å². The molecule has 1 saturated heterocycles. The zero-order chi connectivity index (χ0) is 10.5. The molecule has 0 bridgehead atoms.